The zero-order valence-electron chi connectivity index (χ0n) is 31.1. The van der Waals surface area contributed by atoms with Gasteiger partial charge < -0.3 is 14.7 Å². The van der Waals surface area contributed by atoms with Gasteiger partial charge in [0.05, 0.1) is 21.6 Å². The van der Waals surface area contributed by atoms with Gasteiger partial charge in [-0.15, -0.1) is 0 Å². The van der Waals surface area contributed by atoms with Crippen molar-refractivity contribution >= 4 is 51.7 Å². The minimum Gasteiger partial charge on any atom is -0.371 e. The van der Waals surface area contributed by atoms with Crippen molar-refractivity contribution < 1.29 is 24.1 Å². The Bertz CT molecular complexity index is 2220. The SMILES string of the molecule is O=C1CCC(N2C(=O)c3ccc(N4CCC(N5CCC(CN6CCN(c7cc(-c8n[nH]c9ccc([N+](=O)[O-])cc89)ccn7)CC6)CC5)CC4)cc3C2=O)C(=O)N1. The number of likely N-dealkylation sites (tertiary alicyclic amines) is 1. The fourth-order valence-corrected chi connectivity index (χ4v) is 9.24. The quantitative estimate of drug-likeness (QED) is 0.152. The number of pyridine rings is 1. The standard InChI is InChI=1S/C40H44N10O6/c51-36-6-5-34(38(52)42-36)49-39(53)30-3-1-28(22-31(30)40(49)54)47-15-10-27(11-16-47)46-13-8-25(9-14-46)24-45-17-19-48(20-18-45)35-21-26(7-12-41-35)37-32-23-29(50(55)56)2-4-33(32)43-44-37/h1-4,7,12,21-23,25,27,34H,5-6,8-11,13-20,24H2,(H,43,44)(H,42,51,52). The first-order chi connectivity index (χ1) is 27.2. The molecular weight excluding hydrogens is 717 g/mol. The summed E-state index contributed by atoms with van der Waals surface area (Å²) in [5.74, 6) is -0.377. The largest absolute Gasteiger partial charge is 0.371 e. The lowest BCUT2D eigenvalue weighted by Crippen LogP contribution is -2.54. The van der Waals surface area contributed by atoms with Crippen molar-refractivity contribution in [3.63, 3.8) is 0 Å². The van der Waals surface area contributed by atoms with Crippen LogP contribution in [0.3, 0.4) is 0 Å². The van der Waals surface area contributed by atoms with Crippen molar-refractivity contribution in [2.75, 3.05) is 68.7 Å². The van der Waals surface area contributed by atoms with Gasteiger partial charge in [0, 0.05) is 93.2 Å². The van der Waals surface area contributed by atoms with Crippen molar-refractivity contribution in [3.05, 3.63) is 76.0 Å². The molecule has 4 saturated heterocycles. The van der Waals surface area contributed by atoms with Crippen LogP contribution in [0.5, 0.6) is 0 Å². The molecule has 4 amide bonds. The van der Waals surface area contributed by atoms with Crippen molar-refractivity contribution in [2.24, 2.45) is 5.92 Å². The number of amides is 4. The van der Waals surface area contributed by atoms with Gasteiger partial charge >= 0.3 is 0 Å². The third kappa shape index (κ3) is 6.76. The maximum Gasteiger partial charge on any atom is 0.270 e. The number of nitro groups is 1. The first kappa shape index (κ1) is 35.9. The van der Waals surface area contributed by atoms with E-state index in [1.807, 2.05) is 18.2 Å². The predicted octanol–water partition coefficient (Wildman–Crippen LogP) is 3.44. The highest BCUT2D eigenvalue weighted by molar-refractivity contribution is 6.23. The molecule has 2 N–H and O–H groups in total. The summed E-state index contributed by atoms with van der Waals surface area (Å²) in [7, 11) is 0. The second-order valence-corrected chi connectivity index (χ2v) is 15.6. The topological polar surface area (TPSA) is 181 Å². The van der Waals surface area contributed by atoms with Gasteiger partial charge in [-0.1, -0.05) is 0 Å². The smallest absolute Gasteiger partial charge is 0.270 e. The number of hydrogen-bond acceptors (Lipinski definition) is 12. The van der Waals surface area contributed by atoms with Gasteiger partial charge in [-0.05, 0) is 87.5 Å². The zero-order valence-corrected chi connectivity index (χ0v) is 31.1. The summed E-state index contributed by atoms with van der Waals surface area (Å²) < 4.78 is 0. The number of fused-ring (bicyclic) bond motifs is 2. The Kier molecular flexibility index (Phi) is 9.45. The van der Waals surface area contributed by atoms with Crippen LogP contribution in [-0.2, 0) is 9.59 Å². The molecule has 4 fully saturated rings. The Morgan fingerprint density at radius 2 is 1.55 bits per heavy atom. The molecule has 290 valence electrons. The maximum atomic E-state index is 13.3. The molecule has 5 aliphatic heterocycles. The molecule has 0 bridgehead atoms. The second kappa shape index (κ2) is 14.7. The molecule has 5 aliphatic rings. The molecule has 2 aromatic heterocycles. The first-order valence-corrected chi connectivity index (χ1v) is 19.6. The number of H-pyrrole nitrogens is 1. The maximum absolute atomic E-state index is 13.3. The van der Waals surface area contributed by atoms with Gasteiger partial charge in [0.2, 0.25) is 11.8 Å². The van der Waals surface area contributed by atoms with Crippen LogP contribution in [0.2, 0.25) is 0 Å². The number of imide groups is 2. The first-order valence-electron chi connectivity index (χ1n) is 19.6. The third-order valence-electron chi connectivity index (χ3n) is 12.4. The number of nitrogens with one attached hydrogen (secondary N) is 2. The number of nitrogens with zero attached hydrogens (tertiary/aromatic N) is 8. The number of aromatic amines is 1. The van der Waals surface area contributed by atoms with Gasteiger partial charge in [0.25, 0.3) is 17.5 Å². The number of non-ortho nitro benzene ring substituents is 1. The Labute approximate surface area is 322 Å². The van der Waals surface area contributed by atoms with E-state index in [2.05, 4.69) is 40.1 Å². The highest BCUT2D eigenvalue weighted by Gasteiger charge is 2.45. The molecule has 0 radical (unpaired) electrons. The number of piperazine rings is 1. The number of carbonyl (C=O) groups is 4. The van der Waals surface area contributed by atoms with E-state index in [1.54, 1.807) is 30.5 Å². The van der Waals surface area contributed by atoms with Crippen LogP contribution in [-0.4, -0.2) is 129 Å². The monoisotopic (exact) mass is 760 g/mol. The molecule has 4 aromatic rings. The van der Waals surface area contributed by atoms with Gasteiger partial charge in [0.1, 0.15) is 17.6 Å². The number of hydrogen-bond donors (Lipinski definition) is 2. The predicted molar refractivity (Wildman–Crippen MR) is 207 cm³/mol. The fraction of sp³-hybridized carbons (Fsp3) is 0.450. The molecule has 1 unspecified atom stereocenters. The summed E-state index contributed by atoms with van der Waals surface area (Å²) in [5, 5.41) is 21.8. The number of piperidine rings is 3. The van der Waals surface area contributed by atoms with Crippen molar-refractivity contribution in [1.82, 2.24) is 35.2 Å². The highest BCUT2D eigenvalue weighted by atomic mass is 16.6. The van der Waals surface area contributed by atoms with Crippen LogP contribution < -0.4 is 15.1 Å². The zero-order chi connectivity index (χ0) is 38.5. The minimum atomic E-state index is -0.964. The van der Waals surface area contributed by atoms with E-state index in [0.29, 0.717) is 34.2 Å². The van der Waals surface area contributed by atoms with Crippen LogP contribution in [0.4, 0.5) is 17.2 Å². The number of aromatic nitrogens is 3. The van der Waals surface area contributed by atoms with Gasteiger partial charge in [0.15, 0.2) is 0 Å². The summed E-state index contributed by atoms with van der Waals surface area (Å²) in [6.07, 6.45) is 6.46. The van der Waals surface area contributed by atoms with Crippen LogP contribution >= 0.6 is 0 Å². The lowest BCUT2D eigenvalue weighted by Gasteiger charge is -2.43. The number of rotatable bonds is 8. The molecular formula is C40H44N10O6. The Morgan fingerprint density at radius 1 is 0.786 bits per heavy atom. The van der Waals surface area contributed by atoms with Gasteiger partial charge in [-0.2, -0.15) is 5.10 Å². The van der Waals surface area contributed by atoms with E-state index >= 15 is 0 Å². The van der Waals surface area contributed by atoms with Gasteiger partial charge in [-0.3, -0.25) is 49.5 Å². The van der Waals surface area contributed by atoms with Crippen molar-refractivity contribution in [3.8, 4) is 11.3 Å². The molecule has 0 spiro atoms. The van der Waals surface area contributed by atoms with Gasteiger partial charge in [-0.25, -0.2) is 4.98 Å². The van der Waals surface area contributed by atoms with E-state index in [-0.39, 0.29) is 29.4 Å². The fourth-order valence-electron chi connectivity index (χ4n) is 9.24. The van der Waals surface area contributed by atoms with Crippen molar-refractivity contribution in [1.29, 1.82) is 0 Å². The molecule has 16 nitrogen and oxygen atoms in total. The van der Waals surface area contributed by atoms with E-state index in [0.717, 1.165) is 99.2 Å². The normalized spacial score (nSPS) is 21.9. The minimum absolute atomic E-state index is 0.0366. The summed E-state index contributed by atoms with van der Waals surface area (Å²) in [4.78, 5) is 77.0. The molecule has 9 rings (SSSR count). The molecule has 56 heavy (non-hydrogen) atoms. The third-order valence-corrected chi connectivity index (χ3v) is 12.4. The molecule has 2 aromatic carbocycles. The molecule has 7 heterocycles. The summed E-state index contributed by atoms with van der Waals surface area (Å²) in [6, 6.07) is 13.6. The van der Waals surface area contributed by atoms with Crippen LogP contribution in [0, 0.1) is 16.0 Å². The molecule has 0 saturated carbocycles. The Hall–Kier alpha value is -5.74. The summed E-state index contributed by atoms with van der Waals surface area (Å²) in [5.41, 5.74) is 3.89. The van der Waals surface area contributed by atoms with Crippen LogP contribution in [0.1, 0.15) is 59.2 Å². The Morgan fingerprint density at radius 3 is 2.30 bits per heavy atom. The van der Waals surface area contributed by atoms with E-state index in [1.165, 1.54) is 18.9 Å². The number of nitro benzene ring substituents is 1. The average Bonchev–Trinajstić information content (AvgIpc) is 3.76. The molecule has 16 heteroatoms. The average molecular weight is 761 g/mol. The highest BCUT2D eigenvalue weighted by Crippen LogP contribution is 2.34. The van der Waals surface area contributed by atoms with E-state index in [4.69, 9.17) is 0 Å². The summed E-state index contributed by atoms with van der Waals surface area (Å²) in [6.45, 7) is 8.74. The lowest BCUT2D eigenvalue weighted by atomic mass is 9.92. The molecule has 1 atom stereocenters. The van der Waals surface area contributed by atoms with E-state index < -0.39 is 23.8 Å². The summed E-state index contributed by atoms with van der Waals surface area (Å²) >= 11 is 0. The van der Waals surface area contributed by atoms with E-state index in [9.17, 15) is 29.3 Å². The second-order valence-electron chi connectivity index (χ2n) is 15.6. The van der Waals surface area contributed by atoms with Crippen LogP contribution in [0.15, 0.2) is 54.7 Å². The number of benzene rings is 2. The van der Waals surface area contributed by atoms with Crippen molar-refractivity contribution in [2.45, 2.75) is 50.6 Å². The van der Waals surface area contributed by atoms with Crippen LogP contribution in [0.25, 0.3) is 22.2 Å². The number of anilines is 2. The number of carbonyl (C=O) groups excluding carboxylic acids is 4. The molecule has 0 aliphatic carbocycles. The Balaban J connectivity index is 0.735. The lowest BCUT2D eigenvalue weighted by molar-refractivity contribution is -0.384.